The molecule has 5 nitrogen and oxygen atoms in total. The number of benzene rings is 1. The molecule has 1 aliphatic carbocycles. The van der Waals surface area contributed by atoms with E-state index in [9.17, 15) is 9.59 Å². The third-order valence-corrected chi connectivity index (χ3v) is 6.66. The molecule has 1 aromatic carbocycles. The second-order valence-corrected chi connectivity index (χ2v) is 8.34. The number of piperidine rings is 1. The van der Waals surface area contributed by atoms with Crippen LogP contribution >= 0.6 is 0 Å². The fraction of sp³-hybridized carbons (Fsp3) is 0.591. The molecule has 1 atom stereocenters. The maximum atomic E-state index is 13.4. The van der Waals surface area contributed by atoms with E-state index in [0.717, 1.165) is 38.6 Å². The molecule has 27 heavy (non-hydrogen) atoms. The minimum Gasteiger partial charge on any atom is -0.339 e. The maximum absolute atomic E-state index is 13.4. The molecule has 0 N–H and O–H groups in total. The number of nitriles is 1. The summed E-state index contributed by atoms with van der Waals surface area (Å²) in [4.78, 5) is 30.3. The Morgan fingerprint density at radius 1 is 1.11 bits per heavy atom. The smallest absolute Gasteiger partial charge is 0.253 e. The molecule has 3 aliphatic rings. The lowest BCUT2D eigenvalue weighted by Crippen LogP contribution is -2.54. The fourth-order valence-corrected chi connectivity index (χ4v) is 5.17. The van der Waals surface area contributed by atoms with Crippen LogP contribution in [0.3, 0.4) is 0 Å². The number of hydrogen-bond acceptors (Lipinski definition) is 3. The minimum atomic E-state index is -0.391. The van der Waals surface area contributed by atoms with E-state index in [-0.39, 0.29) is 11.8 Å². The lowest BCUT2D eigenvalue weighted by Gasteiger charge is -2.44. The largest absolute Gasteiger partial charge is 0.339 e. The first-order valence-electron chi connectivity index (χ1n) is 10.2. The number of amides is 2. The predicted octanol–water partition coefficient (Wildman–Crippen LogP) is 3.35. The number of hydrogen-bond donors (Lipinski definition) is 0. The molecule has 0 aromatic heterocycles. The van der Waals surface area contributed by atoms with Crippen LogP contribution in [0.25, 0.3) is 0 Å². The van der Waals surface area contributed by atoms with Gasteiger partial charge in [-0.2, -0.15) is 5.26 Å². The highest BCUT2D eigenvalue weighted by molar-refractivity contribution is 5.96. The average molecular weight is 365 g/mol. The standard InChI is InChI=1S/C22H27N3O2/c23-15-17-6-4-7-18(14-17)20(26)24-13-11-22(16-24)10-5-12-25(21(22)27)19-8-2-1-3-9-19/h4,6-7,14,19H,1-3,5,8-13,16H2/t22-/m1/s1. The van der Waals surface area contributed by atoms with Gasteiger partial charge in [0, 0.05) is 31.2 Å². The van der Waals surface area contributed by atoms with E-state index in [4.69, 9.17) is 5.26 Å². The maximum Gasteiger partial charge on any atom is 0.253 e. The van der Waals surface area contributed by atoms with E-state index in [1.807, 2.05) is 4.90 Å². The molecule has 1 saturated carbocycles. The number of rotatable bonds is 2. The lowest BCUT2D eigenvalue weighted by molar-refractivity contribution is -0.149. The Morgan fingerprint density at radius 3 is 2.70 bits per heavy atom. The van der Waals surface area contributed by atoms with Crippen molar-refractivity contribution in [2.45, 2.75) is 57.4 Å². The van der Waals surface area contributed by atoms with Crippen molar-refractivity contribution in [2.75, 3.05) is 19.6 Å². The highest BCUT2D eigenvalue weighted by Gasteiger charge is 2.50. The van der Waals surface area contributed by atoms with Crippen LogP contribution in [0, 0.1) is 16.7 Å². The Morgan fingerprint density at radius 2 is 1.93 bits per heavy atom. The van der Waals surface area contributed by atoms with Crippen molar-refractivity contribution < 1.29 is 9.59 Å². The van der Waals surface area contributed by atoms with Crippen LogP contribution in [-0.2, 0) is 4.79 Å². The summed E-state index contributed by atoms with van der Waals surface area (Å²) >= 11 is 0. The molecule has 5 heteroatoms. The Bertz CT molecular complexity index is 778. The minimum absolute atomic E-state index is 0.0634. The second kappa shape index (κ2) is 7.34. The van der Waals surface area contributed by atoms with Gasteiger partial charge in [-0.1, -0.05) is 25.3 Å². The average Bonchev–Trinajstić information content (AvgIpc) is 3.15. The van der Waals surface area contributed by atoms with Crippen LogP contribution in [0.15, 0.2) is 24.3 Å². The van der Waals surface area contributed by atoms with Gasteiger partial charge >= 0.3 is 0 Å². The van der Waals surface area contributed by atoms with Crippen LogP contribution < -0.4 is 0 Å². The summed E-state index contributed by atoms with van der Waals surface area (Å²) in [5, 5.41) is 9.07. The van der Waals surface area contributed by atoms with Gasteiger partial charge in [0.25, 0.3) is 5.91 Å². The SMILES string of the molecule is N#Cc1cccc(C(=O)N2CC[C@]3(CCCN(C4CCCCC4)C3=O)C2)c1. The number of carbonyl (C=O) groups is 2. The van der Waals surface area contributed by atoms with Gasteiger partial charge < -0.3 is 9.80 Å². The molecule has 2 saturated heterocycles. The molecule has 3 fully saturated rings. The van der Waals surface area contributed by atoms with Crippen molar-refractivity contribution in [1.82, 2.24) is 9.80 Å². The summed E-state index contributed by atoms with van der Waals surface area (Å²) in [6, 6.07) is 9.34. The summed E-state index contributed by atoms with van der Waals surface area (Å²) in [7, 11) is 0. The molecule has 142 valence electrons. The monoisotopic (exact) mass is 365 g/mol. The van der Waals surface area contributed by atoms with Gasteiger partial charge in [-0.25, -0.2) is 0 Å². The zero-order chi connectivity index (χ0) is 18.9. The molecule has 2 heterocycles. The van der Waals surface area contributed by atoms with Gasteiger partial charge in [0.1, 0.15) is 0 Å². The van der Waals surface area contributed by atoms with Crippen LogP contribution in [0.2, 0.25) is 0 Å². The van der Waals surface area contributed by atoms with E-state index in [1.54, 1.807) is 24.3 Å². The summed E-state index contributed by atoms with van der Waals surface area (Å²) < 4.78 is 0. The van der Waals surface area contributed by atoms with E-state index in [1.165, 1.54) is 19.3 Å². The summed E-state index contributed by atoms with van der Waals surface area (Å²) in [5.41, 5.74) is 0.642. The summed E-state index contributed by atoms with van der Waals surface area (Å²) in [5.74, 6) is 0.216. The van der Waals surface area contributed by atoms with Gasteiger partial charge in [0.05, 0.1) is 17.0 Å². The first kappa shape index (κ1) is 18.0. The zero-order valence-electron chi connectivity index (χ0n) is 15.8. The normalized spacial score (nSPS) is 26.4. The molecule has 1 spiro atoms. The van der Waals surface area contributed by atoms with Gasteiger partial charge in [0.15, 0.2) is 0 Å². The van der Waals surface area contributed by atoms with Crippen molar-refractivity contribution in [1.29, 1.82) is 5.26 Å². The quantitative estimate of drug-likeness (QED) is 0.807. The van der Waals surface area contributed by atoms with Crippen molar-refractivity contribution in [3.8, 4) is 6.07 Å². The number of carbonyl (C=O) groups excluding carboxylic acids is 2. The van der Waals surface area contributed by atoms with Crippen LogP contribution in [0.5, 0.6) is 0 Å². The Hall–Kier alpha value is -2.35. The van der Waals surface area contributed by atoms with Crippen molar-refractivity contribution in [2.24, 2.45) is 5.41 Å². The van der Waals surface area contributed by atoms with Gasteiger partial charge in [0.2, 0.25) is 5.91 Å². The highest BCUT2D eigenvalue weighted by Crippen LogP contribution is 2.42. The van der Waals surface area contributed by atoms with Crippen molar-refractivity contribution >= 4 is 11.8 Å². The Kier molecular flexibility index (Phi) is 4.90. The molecular weight excluding hydrogens is 338 g/mol. The highest BCUT2D eigenvalue weighted by atomic mass is 16.2. The van der Waals surface area contributed by atoms with Gasteiger partial charge in [-0.3, -0.25) is 9.59 Å². The molecule has 0 unspecified atom stereocenters. The van der Waals surface area contributed by atoms with Crippen molar-refractivity contribution in [3.63, 3.8) is 0 Å². The zero-order valence-corrected chi connectivity index (χ0v) is 15.8. The van der Waals surface area contributed by atoms with Crippen LogP contribution in [-0.4, -0.2) is 47.3 Å². The van der Waals surface area contributed by atoms with E-state index >= 15 is 0 Å². The van der Waals surface area contributed by atoms with Gasteiger partial charge in [-0.15, -0.1) is 0 Å². The fourth-order valence-electron chi connectivity index (χ4n) is 5.17. The predicted molar refractivity (Wildman–Crippen MR) is 102 cm³/mol. The number of likely N-dealkylation sites (tertiary alicyclic amines) is 2. The molecule has 2 amide bonds. The topological polar surface area (TPSA) is 64.4 Å². The number of nitrogens with zero attached hydrogens (tertiary/aromatic N) is 3. The third-order valence-electron chi connectivity index (χ3n) is 6.66. The van der Waals surface area contributed by atoms with Crippen LogP contribution in [0.1, 0.15) is 67.3 Å². The van der Waals surface area contributed by atoms with Crippen molar-refractivity contribution in [3.05, 3.63) is 35.4 Å². The lowest BCUT2D eigenvalue weighted by atomic mass is 9.77. The first-order valence-corrected chi connectivity index (χ1v) is 10.2. The third kappa shape index (κ3) is 3.34. The molecular formula is C22H27N3O2. The van der Waals surface area contributed by atoms with E-state index in [2.05, 4.69) is 11.0 Å². The van der Waals surface area contributed by atoms with E-state index in [0.29, 0.717) is 30.3 Å². The first-order chi connectivity index (χ1) is 13.1. The van der Waals surface area contributed by atoms with E-state index < -0.39 is 5.41 Å². The summed E-state index contributed by atoms with van der Waals surface area (Å²) in [6.45, 7) is 2.02. The Balaban J connectivity index is 1.49. The molecule has 2 aliphatic heterocycles. The molecule has 0 bridgehead atoms. The second-order valence-electron chi connectivity index (χ2n) is 8.34. The molecule has 0 radical (unpaired) electrons. The molecule has 1 aromatic rings. The Labute approximate surface area is 160 Å². The molecule has 4 rings (SSSR count). The summed E-state index contributed by atoms with van der Waals surface area (Å²) in [6.07, 6.45) is 8.68. The van der Waals surface area contributed by atoms with Crippen LogP contribution in [0.4, 0.5) is 0 Å². The van der Waals surface area contributed by atoms with Gasteiger partial charge in [-0.05, 0) is 50.3 Å².